The Labute approximate surface area is 90.1 Å². The summed E-state index contributed by atoms with van der Waals surface area (Å²) in [5.41, 5.74) is 1.52. The molecule has 0 aliphatic carbocycles. The van der Waals surface area contributed by atoms with Gasteiger partial charge >= 0.3 is 0 Å². The largest absolute Gasteiger partial charge is 0.326 e. The van der Waals surface area contributed by atoms with Gasteiger partial charge in [-0.2, -0.15) is 11.3 Å². The van der Waals surface area contributed by atoms with Gasteiger partial charge in [0.1, 0.15) is 32.7 Å². The highest BCUT2D eigenvalue weighted by Crippen LogP contribution is 2.03. The summed E-state index contributed by atoms with van der Waals surface area (Å²) in [5, 5.41) is 4.47. The summed E-state index contributed by atoms with van der Waals surface area (Å²) < 4.78 is 0. The predicted octanol–water partition coefficient (Wildman–Crippen LogP) is -0.949. The van der Waals surface area contributed by atoms with Crippen LogP contribution in [0, 0.1) is 0 Å². The zero-order chi connectivity index (χ0) is 9.80. The molecule has 2 rings (SSSR count). The molecule has 1 fully saturated rings. The summed E-state index contributed by atoms with van der Waals surface area (Å²) >= 11 is 1.81. The van der Waals surface area contributed by atoms with E-state index in [1.54, 1.807) is 9.80 Å². The lowest BCUT2D eigenvalue weighted by atomic mass is 10.2. The monoisotopic (exact) mass is 212 g/mol. The Hall–Kier alpha value is -0.380. The van der Waals surface area contributed by atoms with E-state index < -0.39 is 0 Å². The molecule has 2 N–H and O–H groups in total. The molecule has 2 nitrogen and oxygen atoms in total. The third kappa shape index (κ3) is 2.56. The maximum Gasteiger partial charge on any atom is 0.127 e. The molecule has 0 amide bonds. The second-order valence-corrected chi connectivity index (χ2v) is 4.94. The van der Waals surface area contributed by atoms with E-state index in [4.69, 9.17) is 0 Å². The van der Waals surface area contributed by atoms with E-state index in [1.807, 2.05) is 11.3 Å². The smallest absolute Gasteiger partial charge is 0.127 e. The van der Waals surface area contributed by atoms with E-state index in [9.17, 15) is 0 Å². The topological polar surface area (TPSA) is 8.88 Å². The van der Waals surface area contributed by atoms with Gasteiger partial charge in [-0.05, 0) is 23.8 Å². The van der Waals surface area contributed by atoms with Crippen LogP contribution in [-0.4, -0.2) is 32.7 Å². The van der Waals surface area contributed by atoms with Gasteiger partial charge in [-0.15, -0.1) is 0 Å². The summed E-state index contributed by atoms with van der Waals surface area (Å²) in [5.74, 6) is 0. The highest BCUT2D eigenvalue weighted by molar-refractivity contribution is 7.07. The second-order valence-electron chi connectivity index (χ2n) is 4.16. The van der Waals surface area contributed by atoms with Gasteiger partial charge in [-0.1, -0.05) is 0 Å². The van der Waals surface area contributed by atoms with Crippen molar-refractivity contribution >= 4 is 11.3 Å². The number of hydrogen-bond donors (Lipinski definition) is 2. The predicted molar refractivity (Wildman–Crippen MR) is 60.0 cm³/mol. The molecule has 1 aliphatic heterocycles. The van der Waals surface area contributed by atoms with Crippen molar-refractivity contribution < 1.29 is 9.80 Å². The third-order valence-electron chi connectivity index (χ3n) is 3.20. The number of nitrogens with one attached hydrogen (secondary N) is 2. The van der Waals surface area contributed by atoms with Gasteiger partial charge < -0.3 is 9.80 Å². The molecule has 1 aliphatic rings. The van der Waals surface area contributed by atoms with Gasteiger partial charge in [-0.3, -0.25) is 0 Å². The molecule has 0 radical (unpaired) electrons. The standard InChI is InChI=1S/C11H18N2S/c1-2-12-4-6-13(7-5-12)9-11-3-8-14-10-11/h3,8,10H,2,4-7,9H2,1H3/p+2. The van der Waals surface area contributed by atoms with Crippen LogP contribution in [0.15, 0.2) is 16.8 Å². The maximum atomic E-state index is 2.29. The van der Waals surface area contributed by atoms with Crippen molar-refractivity contribution in [1.82, 2.24) is 0 Å². The normalized spacial score (nSPS) is 27.8. The minimum Gasteiger partial charge on any atom is -0.326 e. The molecule has 14 heavy (non-hydrogen) atoms. The van der Waals surface area contributed by atoms with E-state index in [2.05, 4.69) is 23.8 Å². The molecule has 1 saturated heterocycles. The van der Waals surface area contributed by atoms with Gasteiger partial charge in [0.2, 0.25) is 0 Å². The lowest BCUT2D eigenvalue weighted by Crippen LogP contribution is -3.27. The molecular weight excluding hydrogens is 192 g/mol. The minimum absolute atomic E-state index is 1.24. The zero-order valence-electron chi connectivity index (χ0n) is 8.88. The van der Waals surface area contributed by atoms with Crippen LogP contribution < -0.4 is 9.80 Å². The molecule has 0 spiro atoms. The van der Waals surface area contributed by atoms with E-state index in [1.165, 1.54) is 44.8 Å². The SMILES string of the molecule is CC[NH+]1CC[NH+](Cc2ccsc2)CC1. The minimum atomic E-state index is 1.24. The zero-order valence-corrected chi connectivity index (χ0v) is 9.70. The Balaban J connectivity index is 1.79. The Morgan fingerprint density at radius 3 is 2.50 bits per heavy atom. The Bertz CT molecular complexity index is 250. The van der Waals surface area contributed by atoms with E-state index in [-0.39, 0.29) is 0 Å². The van der Waals surface area contributed by atoms with Crippen LogP contribution in [0.5, 0.6) is 0 Å². The molecule has 3 heteroatoms. The Morgan fingerprint density at radius 1 is 1.21 bits per heavy atom. The number of thiophene rings is 1. The number of likely N-dealkylation sites (N-methyl/N-ethyl adjacent to an activating group) is 1. The number of rotatable bonds is 3. The van der Waals surface area contributed by atoms with Crippen LogP contribution in [0.1, 0.15) is 12.5 Å². The van der Waals surface area contributed by atoms with Crippen molar-refractivity contribution in [3.8, 4) is 0 Å². The van der Waals surface area contributed by atoms with Gasteiger partial charge in [-0.25, -0.2) is 0 Å². The highest BCUT2D eigenvalue weighted by atomic mass is 32.1. The molecule has 0 bridgehead atoms. The summed E-state index contributed by atoms with van der Waals surface area (Å²) in [6.45, 7) is 10.2. The molecule has 0 unspecified atom stereocenters. The molecule has 78 valence electrons. The van der Waals surface area contributed by atoms with Gasteiger partial charge in [0.05, 0.1) is 6.54 Å². The van der Waals surface area contributed by atoms with Crippen molar-refractivity contribution in [3.05, 3.63) is 22.4 Å². The van der Waals surface area contributed by atoms with Gasteiger partial charge in [0.15, 0.2) is 0 Å². The second kappa shape index (κ2) is 4.91. The molecule has 0 saturated carbocycles. The van der Waals surface area contributed by atoms with E-state index >= 15 is 0 Å². The fraction of sp³-hybridized carbons (Fsp3) is 0.636. The Kier molecular flexibility index (Phi) is 3.56. The first kappa shape index (κ1) is 10.1. The first-order valence-electron chi connectivity index (χ1n) is 5.56. The summed E-state index contributed by atoms with van der Waals surface area (Å²) in [7, 11) is 0. The first-order chi connectivity index (χ1) is 6.88. The Morgan fingerprint density at radius 2 is 1.93 bits per heavy atom. The van der Waals surface area contributed by atoms with Crippen molar-refractivity contribution in [2.24, 2.45) is 0 Å². The van der Waals surface area contributed by atoms with E-state index in [0.29, 0.717) is 0 Å². The van der Waals surface area contributed by atoms with Crippen LogP contribution in [-0.2, 0) is 6.54 Å². The van der Waals surface area contributed by atoms with Crippen LogP contribution in [0.3, 0.4) is 0 Å². The lowest BCUT2D eigenvalue weighted by molar-refractivity contribution is -1.02. The highest BCUT2D eigenvalue weighted by Gasteiger charge is 2.21. The average molecular weight is 212 g/mol. The van der Waals surface area contributed by atoms with Crippen LogP contribution in [0.4, 0.5) is 0 Å². The molecular formula is C11H20N2S+2. The first-order valence-corrected chi connectivity index (χ1v) is 6.51. The quantitative estimate of drug-likeness (QED) is 0.639. The molecule has 0 aromatic carbocycles. The van der Waals surface area contributed by atoms with Crippen molar-refractivity contribution in [3.63, 3.8) is 0 Å². The fourth-order valence-corrected chi connectivity index (χ4v) is 2.84. The average Bonchev–Trinajstić information content (AvgIpc) is 2.72. The number of piperazine rings is 1. The molecule has 1 aromatic heterocycles. The van der Waals surface area contributed by atoms with E-state index in [0.717, 1.165) is 0 Å². The summed E-state index contributed by atoms with van der Waals surface area (Å²) in [6, 6.07) is 2.26. The van der Waals surface area contributed by atoms with Crippen LogP contribution in [0.25, 0.3) is 0 Å². The van der Waals surface area contributed by atoms with Gasteiger partial charge in [0.25, 0.3) is 0 Å². The molecule has 0 atom stereocenters. The van der Waals surface area contributed by atoms with Crippen molar-refractivity contribution in [2.75, 3.05) is 32.7 Å². The number of quaternary nitrogens is 2. The van der Waals surface area contributed by atoms with Crippen molar-refractivity contribution in [2.45, 2.75) is 13.5 Å². The summed E-state index contributed by atoms with van der Waals surface area (Å²) in [4.78, 5) is 3.54. The maximum absolute atomic E-state index is 2.29. The molecule has 1 aromatic rings. The van der Waals surface area contributed by atoms with Gasteiger partial charge in [0, 0.05) is 5.56 Å². The van der Waals surface area contributed by atoms with Crippen molar-refractivity contribution in [1.29, 1.82) is 0 Å². The number of hydrogen-bond acceptors (Lipinski definition) is 1. The lowest BCUT2D eigenvalue weighted by Gasteiger charge is -2.28. The third-order valence-corrected chi connectivity index (χ3v) is 3.93. The summed E-state index contributed by atoms with van der Waals surface area (Å²) in [6.07, 6.45) is 0. The molecule has 2 heterocycles. The van der Waals surface area contributed by atoms with Crippen LogP contribution in [0.2, 0.25) is 0 Å². The fourth-order valence-electron chi connectivity index (χ4n) is 2.17. The van der Waals surface area contributed by atoms with Crippen LogP contribution >= 0.6 is 11.3 Å².